The third kappa shape index (κ3) is 4.63. The average Bonchev–Trinajstić information content (AvgIpc) is 3.48. The van der Waals surface area contributed by atoms with E-state index in [0.717, 1.165) is 61.0 Å². The summed E-state index contributed by atoms with van der Waals surface area (Å²) < 4.78 is 6.20. The number of benzene rings is 5. The Kier molecular flexibility index (Phi) is 6.05. The lowest BCUT2D eigenvalue weighted by Crippen LogP contribution is -2.00. The van der Waals surface area contributed by atoms with Crippen molar-refractivity contribution in [3.63, 3.8) is 0 Å². The molecule has 0 atom stereocenters. The molecule has 0 bridgehead atoms. The lowest BCUT2D eigenvalue weighted by molar-refractivity contribution is 0.669. The van der Waals surface area contributed by atoms with Crippen LogP contribution in [-0.4, -0.2) is 19.9 Å². The summed E-state index contributed by atoms with van der Waals surface area (Å²) in [5, 5.41) is 1.03. The van der Waals surface area contributed by atoms with Crippen LogP contribution in [0.4, 0.5) is 0 Å². The van der Waals surface area contributed by atoms with E-state index in [2.05, 4.69) is 53.5 Å². The molecule has 0 saturated carbocycles. The summed E-state index contributed by atoms with van der Waals surface area (Å²) in [5.41, 5.74) is 9.72. The highest BCUT2D eigenvalue weighted by atomic mass is 16.3. The molecule has 43 heavy (non-hydrogen) atoms. The van der Waals surface area contributed by atoms with E-state index >= 15 is 0 Å². The van der Waals surface area contributed by atoms with Crippen molar-refractivity contribution < 1.29 is 4.42 Å². The first kappa shape index (κ1) is 24.8. The van der Waals surface area contributed by atoms with E-state index in [-0.39, 0.29) is 0 Å². The highest BCUT2D eigenvalue weighted by Crippen LogP contribution is 2.35. The minimum Gasteiger partial charge on any atom is -0.454 e. The molecule has 5 nitrogen and oxygen atoms in total. The highest BCUT2D eigenvalue weighted by Gasteiger charge is 2.14. The number of pyridine rings is 1. The van der Waals surface area contributed by atoms with Crippen molar-refractivity contribution in [3.05, 3.63) is 146 Å². The number of furan rings is 1. The first-order valence-electron chi connectivity index (χ1n) is 14.1. The smallest absolute Gasteiger partial charge is 0.164 e. The van der Waals surface area contributed by atoms with E-state index in [1.165, 1.54) is 0 Å². The van der Waals surface area contributed by atoms with Crippen LogP contribution in [0.15, 0.2) is 150 Å². The van der Waals surface area contributed by atoms with Crippen molar-refractivity contribution in [2.45, 2.75) is 0 Å². The molecule has 0 unspecified atom stereocenters. The van der Waals surface area contributed by atoms with Gasteiger partial charge in [0.1, 0.15) is 11.1 Å². The van der Waals surface area contributed by atoms with Crippen LogP contribution in [0.1, 0.15) is 0 Å². The number of hydrogen-bond donors (Lipinski definition) is 0. The molecule has 0 aliphatic rings. The number of nitrogens with zero attached hydrogens (tertiary/aromatic N) is 4. The van der Waals surface area contributed by atoms with Gasteiger partial charge in [0.05, 0.1) is 0 Å². The summed E-state index contributed by atoms with van der Waals surface area (Å²) in [5.74, 6) is 1.94. The van der Waals surface area contributed by atoms with Crippen molar-refractivity contribution in [3.8, 4) is 56.4 Å². The van der Waals surface area contributed by atoms with Gasteiger partial charge in [0, 0.05) is 33.8 Å². The Bertz CT molecular complexity index is 2150. The SMILES string of the molecule is c1ccc(-c2nc(-c3ccccc3)nc(-c3ccc(-c4ccc(-c5ccnc6c5oc5ccccc56)cc4)cc3)n2)cc1. The van der Waals surface area contributed by atoms with Gasteiger partial charge in [0.2, 0.25) is 0 Å². The normalized spacial score (nSPS) is 11.3. The zero-order chi connectivity index (χ0) is 28.6. The number of rotatable bonds is 5. The van der Waals surface area contributed by atoms with Crippen molar-refractivity contribution in [1.82, 2.24) is 19.9 Å². The molecule has 8 aromatic rings. The molecule has 0 aliphatic heterocycles. The topological polar surface area (TPSA) is 64.7 Å². The molecule has 5 heteroatoms. The van der Waals surface area contributed by atoms with Crippen molar-refractivity contribution in [2.75, 3.05) is 0 Å². The van der Waals surface area contributed by atoms with Gasteiger partial charge >= 0.3 is 0 Å². The van der Waals surface area contributed by atoms with Gasteiger partial charge in [-0.05, 0) is 34.9 Å². The zero-order valence-corrected chi connectivity index (χ0v) is 23.1. The van der Waals surface area contributed by atoms with Crippen LogP contribution >= 0.6 is 0 Å². The van der Waals surface area contributed by atoms with Gasteiger partial charge in [-0.3, -0.25) is 4.98 Å². The standard InChI is InChI=1S/C38H24N4O/c1-3-9-28(10-4-1)36-40-37(29-11-5-2-6-12-29)42-38(41-36)30-21-17-26(18-22-30)25-15-19-27(20-16-25)31-23-24-39-34-32-13-7-8-14-33(32)43-35(31)34/h1-24H. The van der Waals surface area contributed by atoms with Crippen LogP contribution in [0.5, 0.6) is 0 Å². The van der Waals surface area contributed by atoms with Crippen LogP contribution in [-0.2, 0) is 0 Å². The monoisotopic (exact) mass is 552 g/mol. The lowest BCUT2D eigenvalue weighted by atomic mass is 9.99. The van der Waals surface area contributed by atoms with Gasteiger partial charge in [-0.2, -0.15) is 0 Å². The lowest BCUT2D eigenvalue weighted by Gasteiger charge is -2.09. The summed E-state index contributed by atoms with van der Waals surface area (Å²) >= 11 is 0. The Morgan fingerprint density at radius 3 is 1.44 bits per heavy atom. The Balaban J connectivity index is 1.13. The Hall–Kier alpha value is -5.94. The summed E-state index contributed by atoms with van der Waals surface area (Å²) in [6.07, 6.45) is 1.85. The molecule has 8 rings (SSSR count). The van der Waals surface area contributed by atoms with E-state index in [1.807, 2.05) is 97.2 Å². The Morgan fingerprint density at radius 1 is 0.395 bits per heavy atom. The maximum atomic E-state index is 6.20. The van der Waals surface area contributed by atoms with Gasteiger partial charge < -0.3 is 4.42 Å². The van der Waals surface area contributed by atoms with Crippen LogP contribution in [0.3, 0.4) is 0 Å². The molecule has 5 aromatic carbocycles. The summed E-state index contributed by atoms with van der Waals surface area (Å²) in [4.78, 5) is 19.1. The molecular formula is C38H24N4O. The number of fused-ring (bicyclic) bond motifs is 3. The number of para-hydroxylation sites is 1. The van der Waals surface area contributed by atoms with Gasteiger partial charge in [-0.15, -0.1) is 0 Å². The van der Waals surface area contributed by atoms with Gasteiger partial charge in [0.15, 0.2) is 23.1 Å². The van der Waals surface area contributed by atoms with Gasteiger partial charge in [-0.25, -0.2) is 15.0 Å². The molecule has 0 fully saturated rings. The Morgan fingerprint density at radius 2 is 0.860 bits per heavy atom. The predicted molar refractivity (Wildman–Crippen MR) is 172 cm³/mol. The number of hydrogen-bond acceptors (Lipinski definition) is 5. The fourth-order valence-electron chi connectivity index (χ4n) is 5.42. The molecule has 202 valence electrons. The van der Waals surface area contributed by atoms with Crippen molar-refractivity contribution in [1.29, 1.82) is 0 Å². The molecule has 3 aromatic heterocycles. The van der Waals surface area contributed by atoms with Crippen LogP contribution in [0.25, 0.3) is 78.5 Å². The molecule has 3 heterocycles. The molecule has 0 spiro atoms. The van der Waals surface area contributed by atoms with E-state index in [9.17, 15) is 0 Å². The van der Waals surface area contributed by atoms with Gasteiger partial charge in [0.25, 0.3) is 0 Å². The second kappa shape index (κ2) is 10.5. The second-order valence-electron chi connectivity index (χ2n) is 10.3. The van der Waals surface area contributed by atoms with Crippen LogP contribution in [0, 0.1) is 0 Å². The fraction of sp³-hybridized carbons (Fsp3) is 0. The van der Waals surface area contributed by atoms with E-state index < -0.39 is 0 Å². The van der Waals surface area contributed by atoms with Crippen molar-refractivity contribution in [2.24, 2.45) is 0 Å². The highest BCUT2D eigenvalue weighted by molar-refractivity contribution is 6.07. The van der Waals surface area contributed by atoms with E-state index in [4.69, 9.17) is 19.4 Å². The van der Waals surface area contributed by atoms with E-state index in [0.29, 0.717) is 17.5 Å². The third-order valence-corrected chi connectivity index (χ3v) is 7.63. The maximum Gasteiger partial charge on any atom is 0.164 e. The first-order chi connectivity index (χ1) is 21.3. The third-order valence-electron chi connectivity index (χ3n) is 7.63. The van der Waals surface area contributed by atoms with Crippen molar-refractivity contribution >= 4 is 22.1 Å². The zero-order valence-electron chi connectivity index (χ0n) is 23.1. The summed E-state index contributed by atoms with van der Waals surface area (Å²) in [7, 11) is 0. The first-order valence-corrected chi connectivity index (χ1v) is 14.1. The van der Waals surface area contributed by atoms with E-state index in [1.54, 1.807) is 0 Å². The quantitative estimate of drug-likeness (QED) is 0.213. The minimum absolute atomic E-state index is 0.641. The summed E-state index contributed by atoms with van der Waals surface area (Å²) in [6, 6.07) is 47.0. The van der Waals surface area contributed by atoms with Gasteiger partial charge in [-0.1, -0.05) is 121 Å². The molecule has 0 aliphatic carbocycles. The largest absolute Gasteiger partial charge is 0.454 e. The molecule has 0 amide bonds. The van der Waals surface area contributed by atoms with Crippen LogP contribution < -0.4 is 0 Å². The molecule has 0 N–H and O–H groups in total. The Labute approximate surface area is 248 Å². The minimum atomic E-state index is 0.641. The molecular weight excluding hydrogens is 528 g/mol. The fourth-order valence-corrected chi connectivity index (χ4v) is 5.42. The predicted octanol–water partition coefficient (Wildman–Crippen LogP) is 9.50. The average molecular weight is 553 g/mol. The second-order valence-corrected chi connectivity index (χ2v) is 10.3. The summed E-state index contributed by atoms with van der Waals surface area (Å²) in [6.45, 7) is 0. The maximum absolute atomic E-state index is 6.20. The molecule has 0 radical (unpaired) electrons. The number of aromatic nitrogens is 4. The van der Waals surface area contributed by atoms with Crippen LogP contribution in [0.2, 0.25) is 0 Å². The molecule has 0 saturated heterocycles.